The van der Waals surface area contributed by atoms with Gasteiger partial charge in [0.25, 0.3) is 0 Å². The highest BCUT2D eigenvalue weighted by Crippen LogP contribution is 2.09. The summed E-state index contributed by atoms with van der Waals surface area (Å²) in [5.41, 5.74) is 0.00243. The molecule has 0 unspecified atom stereocenters. The number of likely N-dealkylation sites (N-methyl/N-ethyl adjacent to an activating group) is 1. The Morgan fingerprint density at radius 1 is 1.24 bits per heavy atom. The van der Waals surface area contributed by atoms with Crippen LogP contribution in [-0.4, -0.2) is 35.3 Å². The van der Waals surface area contributed by atoms with Gasteiger partial charge in [-0.05, 0) is 39.3 Å². The van der Waals surface area contributed by atoms with E-state index >= 15 is 0 Å². The SMILES string of the molecule is CCN(CC(=O)NC(C)(C)C)C(=O)Cc1ccccc1F. The van der Waals surface area contributed by atoms with Gasteiger partial charge in [-0.25, -0.2) is 4.39 Å². The maximum atomic E-state index is 13.6. The molecule has 5 heteroatoms. The Morgan fingerprint density at radius 2 is 1.86 bits per heavy atom. The van der Waals surface area contributed by atoms with Gasteiger partial charge in [-0.2, -0.15) is 0 Å². The molecular weight excluding hydrogens is 271 g/mol. The maximum absolute atomic E-state index is 13.6. The molecule has 0 fully saturated rings. The number of hydrogen-bond acceptors (Lipinski definition) is 2. The van der Waals surface area contributed by atoms with Gasteiger partial charge in [0.05, 0.1) is 13.0 Å². The average Bonchev–Trinajstić information content (AvgIpc) is 2.36. The van der Waals surface area contributed by atoms with Crippen LogP contribution in [-0.2, 0) is 16.0 Å². The normalized spacial score (nSPS) is 11.1. The molecule has 1 N–H and O–H groups in total. The summed E-state index contributed by atoms with van der Waals surface area (Å²) in [4.78, 5) is 25.5. The highest BCUT2D eigenvalue weighted by atomic mass is 19.1. The van der Waals surface area contributed by atoms with E-state index in [-0.39, 0.29) is 30.3 Å². The second-order valence-electron chi connectivity index (χ2n) is 5.97. The van der Waals surface area contributed by atoms with E-state index in [4.69, 9.17) is 0 Å². The molecule has 0 radical (unpaired) electrons. The Balaban J connectivity index is 2.66. The lowest BCUT2D eigenvalue weighted by molar-refractivity contribution is -0.135. The van der Waals surface area contributed by atoms with Crippen molar-refractivity contribution in [2.24, 2.45) is 0 Å². The van der Waals surface area contributed by atoms with Crippen LogP contribution in [0.5, 0.6) is 0 Å². The Labute approximate surface area is 125 Å². The van der Waals surface area contributed by atoms with Gasteiger partial charge >= 0.3 is 0 Å². The summed E-state index contributed by atoms with van der Waals surface area (Å²) in [6.45, 7) is 7.82. The van der Waals surface area contributed by atoms with Crippen LogP contribution in [0.2, 0.25) is 0 Å². The summed E-state index contributed by atoms with van der Waals surface area (Å²) in [7, 11) is 0. The first-order valence-electron chi connectivity index (χ1n) is 7.05. The van der Waals surface area contributed by atoms with Gasteiger partial charge in [0.1, 0.15) is 5.82 Å². The van der Waals surface area contributed by atoms with Gasteiger partial charge in [0, 0.05) is 12.1 Å². The summed E-state index contributed by atoms with van der Waals surface area (Å²) >= 11 is 0. The maximum Gasteiger partial charge on any atom is 0.240 e. The quantitative estimate of drug-likeness (QED) is 0.904. The first-order chi connectivity index (χ1) is 9.73. The fourth-order valence-corrected chi connectivity index (χ4v) is 1.92. The molecule has 0 bridgehead atoms. The fraction of sp³-hybridized carbons (Fsp3) is 0.500. The average molecular weight is 294 g/mol. The van der Waals surface area contributed by atoms with E-state index in [1.165, 1.54) is 11.0 Å². The molecule has 0 aromatic heterocycles. The van der Waals surface area contributed by atoms with E-state index < -0.39 is 5.82 Å². The van der Waals surface area contributed by atoms with Crippen LogP contribution in [0.3, 0.4) is 0 Å². The Kier molecular flexibility index (Phi) is 5.88. The van der Waals surface area contributed by atoms with Crippen LogP contribution in [0, 0.1) is 5.82 Å². The van der Waals surface area contributed by atoms with Gasteiger partial charge in [0.15, 0.2) is 0 Å². The number of halogens is 1. The number of carbonyl (C=O) groups is 2. The number of amides is 2. The Bertz CT molecular complexity index is 509. The number of carbonyl (C=O) groups excluding carboxylic acids is 2. The zero-order chi connectivity index (χ0) is 16.0. The molecule has 0 saturated heterocycles. The van der Waals surface area contributed by atoms with Gasteiger partial charge in [-0.1, -0.05) is 18.2 Å². The molecular formula is C16H23FN2O2. The fourth-order valence-electron chi connectivity index (χ4n) is 1.92. The van der Waals surface area contributed by atoms with Crippen molar-refractivity contribution in [1.29, 1.82) is 0 Å². The monoisotopic (exact) mass is 294 g/mol. The minimum absolute atomic E-state index is 0.0128. The molecule has 21 heavy (non-hydrogen) atoms. The molecule has 0 aliphatic carbocycles. The zero-order valence-corrected chi connectivity index (χ0v) is 13.1. The largest absolute Gasteiger partial charge is 0.350 e. The number of nitrogens with one attached hydrogen (secondary N) is 1. The minimum Gasteiger partial charge on any atom is -0.350 e. The van der Waals surface area contributed by atoms with Crippen molar-refractivity contribution in [2.45, 2.75) is 39.7 Å². The third-order valence-electron chi connectivity index (χ3n) is 2.88. The second kappa shape index (κ2) is 7.20. The Morgan fingerprint density at radius 3 is 2.38 bits per heavy atom. The van der Waals surface area contributed by atoms with Gasteiger partial charge in [-0.15, -0.1) is 0 Å². The van der Waals surface area contributed by atoms with Gasteiger partial charge < -0.3 is 10.2 Å². The van der Waals surface area contributed by atoms with Crippen LogP contribution >= 0.6 is 0 Å². The van der Waals surface area contributed by atoms with Crippen LogP contribution in [0.1, 0.15) is 33.3 Å². The molecule has 0 saturated carbocycles. The summed E-state index contributed by atoms with van der Waals surface area (Å²) < 4.78 is 13.6. The molecule has 1 aromatic rings. The van der Waals surface area contributed by atoms with Crippen molar-refractivity contribution in [3.05, 3.63) is 35.6 Å². The van der Waals surface area contributed by atoms with Crippen LogP contribution < -0.4 is 5.32 Å². The summed E-state index contributed by atoms with van der Waals surface area (Å²) in [5, 5.41) is 2.81. The number of rotatable bonds is 5. The van der Waals surface area contributed by atoms with Crippen molar-refractivity contribution in [2.75, 3.05) is 13.1 Å². The van der Waals surface area contributed by atoms with Crippen molar-refractivity contribution in [3.63, 3.8) is 0 Å². The summed E-state index contributed by atoms with van der Waals surface area (Å²) in [6.07, 6.45) is -0.0384. The molecule has 116 valence electrons. The molecule has 2 amide bonds. The third kappa shape index (κ3) is 5.94. The molecule has 1 aromatic carbocycles. The molecule has 4 nitrogen and oxygen atoms in total. The highest BCUT2D eigenvalue weighted by Gasteiger charge is 2.20. The predicted octanol–water partition coefficient (Wildman–Crippen LogP) is 2.13. The lowest BCUT2D eigenvalue weighted by Crippen LogP contribution is -2.47. The first-order valence-corrected chi connectivity index (χ1v) is 7.05. The lowest BCUT2D eigenvalue weighted by atomic mass is 10.1. The predicted molar refractivity (Wildman–Crippen MR) is 80.3 cm³/mol. The van der Waals surface area contributed by atoms with Crippen molar-refractivity contribution >= 4 is 11.8 Å². The van der Waals surface area contributed by atoms with Gasteiger partial charge in [-0.3, -0.25) is 9.59 Å². The van der Waals surface area contributed by atoms with Crippen LogP contribution in [0.25, 0.3) is 0 Å². The molecule has 0 aliphatic heterocycles. The van der Waals surface area contributed by atoms with Crippen molar-refractivity contribution < 1.29 is 14.0 Å². The van der Waals surface area contributed by atoms with E-state index in [1.807, 2.05) is 20.8 Å². The standard InChI is InChI=1S/C16H23FN2O2/c1-5-19(11-14(20)18-16(2,3)4)15(21)10-12-8-6-7-9-13(12)17/h6-9H,5,10-11H2,1-4H3,(H,18,20). The number of nitrogens with zero attached hydrogens (tertiary/aromatic N) is 1. The van der Waals surface area contributed by atoms with Gasteiger partial charge in [0.2, 0.25) is 11.8 Å². The number of hydrogen-bond donors (Lipinski definition) is 1. The summed E-state index contributed by atoms with van der Waals surface area (Å²) in [6, 6.07) is 6.17. The molecule has 0 heterocycles. The lowest BCUT2D eigenvalue weighted by Gasteiger charge is -2.25. The van der Waals surface area contributed by atoms with E-state index in [0.717, 1.165) is 0 Å². The molecule has 1 rings (SSSR count). The van der Waals surface area contributed by atoms with E-state index in [1.54, 1.807) is 25.1 Å². The minimum atomic E-state index is -0.402. The van der Waals surface area contributed by atoms with E-state index in [9.17, 15) is 14.0 Å². The van der Waals surface area contributed by atoms with E-state index in [0.29, 0.717) is 12.1 Å². The zero-order valence-electron chi connectivity index (χ0n) is 13.1. The van der Waals surface area contributed by atoms with Crippen LogP contribution in [0.4, 0.5) is 4.39 Å². The topological polar surface area (TPSA) is 49.4 Å². The summed E-state index contributed by atoms with van der Waals surface area (Å²) in [5.74, 6) is -0.876. The smallest absolute Gasteiger partial charge is 0.240 e. The molecule has 0 spiro atoms. The van der Waals surface area contributed by atoms with Crippen LogP contribution in [0.15, 0.2) is 24.3 Å². The molecule has 0 aliphatic rings. The van der Waals surface area contributed by atoms with E-state index in [2.05, 4.69) is 5.32 Å². The first kappa shape index (κ1) is 17.1. The van der Waals surface area contributed by atoms with Crippen molar-refractivity contribution in [3.8, 4) is 0 Å². The molecule has 0 atom stereocenters. The Hall–Kier alpha value is -1.91. The van der Waals surface area contributed by atoms with Crippen molar-refractivity contribution in [1.82, 2.24) is 10.2 Å². The highest BCUT2D eigenvalue weighted by molar-refractivity contribution is 5.86. The third-order valence-corrected chi connectivity index (χ3v) is 2.88. The number of benzene rings is 1. The second-order valence-corrected chi connectivity index (χ2v) is 5.97.